The number of nitrogens with two attached hydrogens (primary N) is 1. The molecule has 2 rings (SSSR count). The first-order valence-electron chi connectivity index (χ1n) is 6.70. The molecule has 0 saturated carbocycles. The summed E-state index contributed by atoms with van der Waals surface area (Å²) in [6.45, 7) is 4.21. The minimum Gasteiger partial charge on any atom is -0.321 e. The third kappa shape index (κ3) is 3.23. The van der Waals surface area contributed by atoms with E-state index in [9.17, 15) is 4.39 Å². The van der Waals surface area contributed by atoms with Gasteiger partial charge in [-0.2, -0.15) is 0 Å². The molecule has 1 nitrogen and oxygen atoms in total. The van der Waals surface area contributed by atoms with Gasteiger partial charge in [-0.1, -0.05) is 26.0 Å². The number of hydrogen-bond acceptors (Lipinski definition) is 2. The van der Waals surface area contributed by atoms with Crippen LogP contribution in [0.2, 0.25) is 0 Å². The van der Waals surface area contributed by atoms with Crippen LogP contribution in [0.1, 0.15) is 35.6 Å². The van der Waals surface area contributed by atoms with Gasteiger partial charge in [0.05, 0.1) is 0 Å². The number of rotatable bonds is 5. The van der Waals surface area contributed by atoms with Gasteiger partial charge < -0.3 is 5.73 Å². The highest BCUT2D eigenvalue weighted by atomic mass is 32.1. The molecule has 1 unspecified atom stereocenters. The van der Waals surface area contributed by atoms with Gasteiger partial charge in [0.15, 0.2) is 0 Å². The molecular weight excluding hydrogens is 257 g/mol. The minimum atomic E-state index is -0.488. The van der Waals surface area contributed by atoms with E-state index >= 15 is 0 Å². The van der Waals surface area contributed by atoms with Crippen LogP contribution in [-0.4, -0.2) is 0 Å². The first-order chi connectivity index (χ1) is 9.07. The molecule has 0 aliphatic heterocycles. The van der Waals surface area contributed by atoms with Crippen molar-refractivity contribution in [3.05, 3.63) is 57.5 Å². The summed E-state index contributed by atoms with van der Waals surface area (Å²) in [4.78, 5) is 2.64. The molecule has 1 atom stereocenters. The van der Waals surface area contributed by atoms with Crippen LogP contribution in [0, 0.1) is 5.82 Å². The van der Waals surface area contributed by atoms with Crippen molar-refractivity contribution in [1.29, 1.82) is 0 Å². The van der Waals surface area contributed by atoms with Gasteiger partial charge in [-0.25, -0.2) is 4.39 Å². The molecule has 1 aromatic heterocycles. The molecule has 3 heteroatoms. The summed E-state index contributed by atoms with van der Waals surface area (Å²) in [6.07, 6.45) is 2.60. The van der Waals surface area contributed by atoms with Gasteiger partial charge in [0.2, 0.25) is 0 Å². The molecule has 19 heavy (non-hydrogen) atoms. The topological polar surface area (TPSA) is 26.0 Å². The maximum absolute atomic E-state index is 13.4. The van der Waals surface area contributed by atoms with Gasteiger partial charge in [-0.3, -0.25) is 0 Å². The van der Waals surface area contributed by atoms with Crippen molar-refractivity contribution in [1.82, 2.24) is 0 Å². The lowest BCUT2D eigenvalue weighted by Crippen LogP contribution is -2.38. The first kappa shape index (κ1) is 14.2. The van der Waals surface area contributed by atoms with E-state index in [1.807, 2.05) is 6.07 Å². The van der Waals surface area contributed by atoms with Gasteiger partial charge >= 0.3 is 0 Å². The van der Waals surface area contributed by atoms with Crippen molar-refractivity contribution in [2.75, 3.05) is 0 Å². The smallest absolute Gasteiger partial charge is 0.123 e. The highest BCUT2D eigenvalue weighted by Gasteiger charge is 2.26. The average molecular weight is 277 g/mol. The second-order valence-corrected chi connectivity index (χ2v) is 6.17. The van der Waals surface area contributed by atoms with Crippen LogP contribution in [0.25, 0.3) is 0 Å². The van der Waals surface area contributed by atoms with Crippen molar-refractivity contribution >= 4 is 11.3 Å². The predicted octanol–water partition coefficient (Wildman–Crippen LogP) is 4.26. The summed E-state index contributed by atoms with van der Waals surface area (Å²) in [5.41, 5.74) is 6.90. The van der Waals surface area contributed by atoms with Gasteiger partial charge in [-0.15, -0.1) is 11.3 Å². The molecule has 2 N–H and O–H groups in total. The summed E-state index contributed by atoms with van der Waals surface area (Å²) in [5, 5.41) is 0. The lowest BCUT2D eigenvalue weighted by Gasteiger charge is -2.28. The van der Waals surface area contributed by atoms with Gasteiger partial charge in [0, 0.05) is 21.7 Å². The van der Waals surface area contributed by atoms with Gasteiger partial charge in [-0.05, 0) is 42.7 Å². The Morgan fingerprint density at radius 3 is 2.47 bits per heavy atom. The molecule has 0 amide bonds. The van der Waals surface area contributed by atoms with Crippen molar-refractivity contribution in [3.63, 3.8) is 0 Å². The number of halogens is 1. The van der Waals surface area contributed by atoms with Crippen LogP contribution >= 0.6 is 11.3 Å². The zero-order valence-electron chi connectivity index (χ0n) is 11.4. The van der Waals surface area contributed by atoms with Gasteiger partial charge in [0.1, 0.15) is 5.82 Å². The number of benzene rings is 1. The molecule has 0 radical (unpaired) electrons. The minimum absolute atomic E-state index is 0.221. The molecule has 0 saturated heterocycles. The molecule has 1 heterocycles. The number of hydrogen-bond donors (Lipinski definition) is 1. The molecule has 0 aliphatic carbocycles. The molecule has 0 aliphatic rings. The zero-order chi connectivity index (χ0) is 13.9. The summed E-state index contributed by atoms with van der Waals surface area (Å²) in [6, 6.07) is 11.0. The second-order valence-electron chi connectivity index (χ2n) is 4.92. The first-order valence-corrected chi connectivity index (χ1v) is 7.51. The van der Waals surface area contributed by atoms with Crippen LogP contribution < -0.4 is 5.73 Å². The second kappa shape index (κ2) is 5.85. The number of aryl methyl sites for hydroxylation is 1. The van der Waals surface area contributed by atoms with Crippen molar-refractivity contribution < 1.29 is 4.39 Å². The van der Waals surface area contributed by atoms with Crippen molar-refractivity contribution in [2.45, 2.75) is 38.6 Å². The summed E-state index contributed by atoms with van der Waals surface area (Å²) in [5.74, 6) is -0.221. The fourth-order valence-corrected chi connectivity index (χ4v) is 3.33. The Hall–Kier alpha value is -1.19. The fraction of sp³-hybridized carbons (Fsp3) is 0.375. The van der Waals surface area contributed by atoms with Crippen LogP contribution in [0.5, 0.6) is 0 Å². The van der Waals surface area contributed by atoms with E-state index in [1.54, 1.807) is 23.5 Å². The van der Waals surface area contributed by atoms with E-state index in [2.05, 4.69) is 26.0 Å². The molecule has 0 spiro atoms. The maximum Gasteiger partial charge on any atom is 0.123 e. The van der Waals surface area contributed by atoms with E-state index in [1.165, 1.54) is 15.8 Å². The lowest BCUT2D eigenvalue weighted by atomic mass is 9.84. The Morgan fingerprint density at radius 2 is 1.89 bits per heavy atom. The van der Waals surface area contributed by atoms with Crippen LogP contribution in [0.4, 0.5) is 4.39 Å². The van der Waals surface area contributed by atoms with E-state index < -0.39 is 5.54 Å². The summed E-state index contributed by atoms with van der Waals surface area (Å²) < 4.78 is 13.4. The summed E-state index contributed by atoms with van der Waals surface area (Å²) >= 11 is 1.80. The third-order valence-corrected chi connectivity index (χ3v) is 4.82. The van der Waals surface area contributed by atoms with E-state index in [0.717, 1.165) is 24.8 Å². The molecule has 102 valence electrons. The highest BCUT2D eigenvalue weighted by Crippen LogP contribution is 2.30. The van der Waals surface area contributed by atoms with Crippen molar-refractivity contribution in [2.24, 2.45) is 5.73 Å². The van der Waals surface area contributed by atoms with Crippen molar-refractivity contribution in [3.8, 4) is 0 Å². The standard InChI is InChI=1S/C16H20FNS/c1-3-14-8-9-15(19-14)11-16(18,4-2)12-6-5-7-13(17)10-12/h5-10H,3-4,11,18H2,1-2H3. The van der Waals surface area contributed by atoms with E-state index in [-0.39, 0.29) is 5.82 Å². The van der Waals surface area contributed by atoms with E-state index in [4.69, 9.17) is 5.73 Å². The van der Waals surface area contributed by atoms with Crippen LogP contribution in [0.15, 0.2) is 36.4 Å². The molecule has 0 fully saturated rings. The Morgan fingerprint density at radius 1 is 1.16 bits per heavy atom. The maximum atomic E-state index is 13.4. The zero-order valence-corrected chi connectivity index (χ0v) is 12.3. The monoisotopic (exact) mass is 277 g/mol. The SMILES string of the molecule is CCc1ccc(CC(N)(CC)c2cccc(F)c2)s1. The Balaban J connectivity index is 2.27. The largest absolute Gasteiger partial charge is 0.321 e. The van der Waals surface area contributed by atoms with Gasteiger partial charge in [0.25, 0.3) is 0 Å². The van der Waals surface area contributed by atoms with Crippen LogP contribution in [0.3, 0.4) is 0 Å². The number of thiophene rings is 1. The predicted molar refractivity (Wildman–Crippen MR) is 80.0 cm³/mol. The Kier molecular flexibility index (Phi) is 4.38. The highest BCUT2D eigenvalue weighted by molar-refractivity contribution is 7.12. The molecular formula is C16H20FNS. The fourth-order valence-electron chi connectivity index (χ4n) is 2.25. The normalized spacial score (nSPS) is 14.3. The average Bonchev–Trinajstić information content (AvgIpc) is 2.86. The van der Waals surface area contributed by atoms with E-state index in [0.29, 0.717) is 0 Å². The Labute approximate surface area is 118 Å². The third-order valence-electron chi connectivity index (χ3n) is 3.59. The lowest BCUT2D eigenvalue weighted by molar-refractivity contribution is 0.425. The molecule has 2 aromatic rings. The quantitative estimate of drug-likeness (QED) is 0.868. The van der Waals surface area contributed by atoms with Crippen LogP contribution in [-0.2, 0) is 18.4 Å². The Bertz CT molecular complexity index is 549. The molecule has 1 aromatic carbocycles. The molecule has 0 bridgehead atoms. The summed E-state index contributed by atoms with van der Waals surface area (Å²) in [7, 11) is 0.